The Bertz CT molecular complexity index is 886. The molecule has 1 amide bonds. The molecule has 9 nitrogen and oxygen atoms in total. The van der Waals surface area contributed by atoms with Crippen molar-refractivity contribution in [2.45, 2.75) is 26.8 Å². The van der Waals surface area contributed by atoms with Crippen LogP contribution in [0.2, 0.25) is 0 Å². The molecule has 0 bridgehead atoms. The number of amides is 1. The van der Waals surface area contributed by atoms with E-state index in [0.29, 0.717) is 18.0 Å². The minimum absolute atomic E-state index is 0.0775. The van der Waals surface area contributed by atoms with Gasteiger partial charge in [0.05, 0.1) is 18.7 Å². The standard InChI is InChI=1S/C22H30N4O5/c1-15-20(16(2)31-24-15)14-26-9-7-25(8-10-26)13-17(22(28)29)11-21(27)23-18-5-4-6-19(12-18)30-3/h4-6,12,17H,7-11,13-14H2,1-3H3,(H,23,27)(H,28,29)/t17-/m0/s1. The van der Waals surface area contributed by atoms with E-state index in [1.807, 2.05) is 13.8 Å². The first-order valence-electron chi connectivity index (χ1n) is 10.4. The average Bonchev–Trinajstić information content (AvgIpc) is 3.06. The number of hydrogen-bond donors (Lipinski definition) is 2. The minimum Gasteiger partial charge on any atom is -0.497 e. The molecule has 0 unspecified atom stereocenters. The van der Waals surface area contributed by atoms with Crippen molar-refractivity contribution >= 4 is 17.6 Å². The molecule has 1 atom stereocenters. The molecule has 9 heteroatoms. The molecular formula is C22H30N4O5. The van der Waals surface area contributed by atoms with Crippen molar-refractivity contribution < 1.29 is 24.0 Å². The summed E-state index contributed by atoms with van der Waals surface area (Å²) in [5.74, 6) is -0.577. The van der Waals surface area contributed by atoms with E-state index in [9.17, 15) is 14.7 Å². The van der Waals surface area contributed by atoms with Crippen molar-refractivity contribution in [2.24, 2.45) is 5.92 Å². The number of anilines is 1. The van der Waals surface area contributed by atoms with Gasteiger partial charge in [-0.25, -0.2) is 0 Å². The molecule has 1 aliphatic heterocycles. The number of piperazine rings is 1. The minimum atomic E-state index is -0.959. The maximum absolute atomic E-state index is 12.4. The van der Waals surface area contributed by atoms with E-state index in [1.54, 1.807) is 31.4 Å². The number of nitrogens with zero attached hydrogens (tertiary/aromatic N) is 3. The number of nitrogens with one attached hydrogen (secondary N) is 1. The van der Waals surface area contributed by atoms with Gasteiger partial charge in [-0.15, -0.1) is 0 Å². The SMILES string of the molecule is COc1cccc(NC(=O)C[C@@H](CN2CCN(Cc3c(C)noc3C)CC2)C(=O)O)c1. The van der Waals surface area contributed by atoms with Crippen LogP contribution in [0.3, 0.4) is 0 Å². The van der Waals surface area contributed by atoms with E-state index in [2.05, 4.69) is 20.3 Å². The topological polar surface area (TPSA) is 108 Å². The van der Waals surface area contributed by atoms with E-state index in [0.717, 1.165) is 49.7 Å². The van der Waals surface area contributed by atoms with Crippen LogP contribution in [0.5, 0.6) is 5.75 Å². The lowest BCUT2D eigenvalue weighted by atomic mass is 10.0. The number of ether oxygens (including phenoxy) is 1. The second-order valence-corrected chi connectivity index (χ2v) is 7.90. The Labute approximate surface area is 181 Å². The zero-order valence-corrected chi connectivity index (χ0v) is 18.3. The smallest absolute Gasteiger partial charge is 0.308 e. The summed E-state index contributed by atoms with van der Waals surface area (Å²) in [6.07, 6.45) is -0.0775. The first-order chi connectivity index (χ1) is 14.9. The number of carboxylic acid groups (broad SMARTS) is 1. The Hall–Kier alpha value is -2.91. The number of aryl methyl sites for hydroxylation is 2. The van der Waals surface area contributed by atoms with Crippen LogP contribution in [0, 0.1) is 19.8 Å². The predicted molar refractivity (Wildman–Crippen MR) is 115 cm³/mol. The van der Waals surface area contributed by atoms with Gasteiger partial charge in [-0.2, -0.15) is 0 Å². The van der Waals surface area contributed by atoms with E-state index in [1.165, 1.54) is 0 Å². The highest BCUT2D eigenvalue weighted by Gasteiger charge is 2.27. The third-order valence-corrected chi connectivity index (χ3v) is 5.64. The highest BCUT2D eigenvalue weighted by Crippen LogP contribution is 2.19. The second-order valence-electron chi connectivity index (χ2n) is 7.90. The Balaban J connectivity index is 1.49. The number of carbonyl (C=O) groups excluding carboxylic acids is 1. The molecule has 1 fully saturated rings. The van der Waals surface area contributed by atoms with Crippen LogP contribution in [0.15, 0.2) is 28.8 Å². The summed E-state index contributed by atoms with van der Waals surface area (Å²) in [7, 11) is 1.55. The van der Waals surface area contributed by atoms with E-state index < -0.39 is 11.9 Å². The van der Waals surface area contributed by atoms with Gasteiger partial charge in [0.15, 0.2) is 0 Å². The van der Waals surface area contributed by atoms with Crippen LogP contribution < -0.4 is 10.1 Å². The normalized spacial score (nSPS) is 16.1. The van der Waals surface area contributed by atoms with Crippen molar-refractivity contribution in [3.8, 4) is 5.75 Å². The molecule has 1 aromatic carbocycles. The third kappa shape index (κ3) is 6.28. The number of hydrogen-bond acceptors (Lipinski definition) is 7. The van der Waals surface area contributed by atoms with Gasteiger partial charge in [-0.05, 0) is 26.0 Å². The molecule has 1 aliphatic rings. The van der Waals surface area contributed by atoms with Crippen molar-refractivity contribution in [3.05, 3.63) is 41.3 Å². The predicted octanol–water partition coefficient (Wildman–Crippen LogP) is 2.15. The summed E-state index contributed by atoms with van der Waals surface area (Å²) in [6, 6.07) is 6.99. The van der Waals surface area contributed by atoms with Crippen molar-refractivity contribution in [3.63, 3.8) is 0 Å². The number of methoxy groups -OCH3 is 1. The molecule has 0 spiro atoms. The Morgan fingerprint density at radius 3 is 2.55 bits per heavy atom. The fourth-order valence-electron chi connectivity index (χ4n) is 3.76. The molecule has 0 saturated carbocycles. The summed E-state index contributed by atoms with van der Waals surface area (Å²) in [4.78, 5) is 28.6. The van der Waals surface area contributed by atoms with E-state index in [4.69, 9.17) is 9.26 Å². The number of aromatic nitrogens is 1. The van der Waals surface area contributed by atoms with Crippen LogP contribution in [-0.4, -0.2) is 71.8 Å². The second kappa shape index (κ2) is 10.4. The molecule has 2 N–H and O–H groups in total. The molecule has 0 aliphatic carbocycles. The molecule has 1 saturated heterocycles. The first-order valence-corrected chi connectivity index (χ1v) is 10.4. The van der Waals surface area contributed by atoms with Gasteiger partial charge in [-0.1, -0.05) is 11.2 Å². The molecule has 2 aromatic rings. The Morgan fingerprint density at radius 2 is 1.94 bits per heavy atom. The monoisotopic (exact) mass is 430 g/mol. The lowest BCUT2D eigenvalue weighted by molar-refractivity contribution is -0.144. The number of carbonyl (C=O) groups is 2. The lowest BCUT2D eigenvalue weighted by Gasteiger charge is -2.35. The molecule has 2 heterocycles. The molecule has 0 radical (unpaired) electrons. The van der Waals surface area contributed by atoms with Crippen LogP contribution in [0.1, 0.15) is 23.4 Å². The molecule has 1 aromatic heterocycles. The molecule has 31 heavy (non-hydrogen) atoms. The van der Waals surface area contributed by atoms with Crippen LogP contribution >= 0.6 is 0 Å². The fourth-order valence-corrected chi connectivity index (χ4v) is 3.76. The Morgan fingerprint density at radius 1 is 1.23 bits per heavy atom. The van der Waals surface area contributed by atoms with Crippen LogP contribution in [0.25, 0.3) is 0 Å². The Kier molecular flexibility index (Phi) is 7.64. The van der Waals surface area contributed by atoms with Gasteiger partial charge in [0.25, 0.3) is 0 Å². The molecular weight excluding hydrogens is 400 g/mol. The number of aliphatic carboxylic acids is 1. The zero-order chi connectivity index (χ0) is 22.4. The van der Waals surface area contributed by atoms with E-state index in [-0.39, 0.29) is 12.3 Å². The maximum Gasteiger partial charge on any atom is 0.308 e. The van der Waals surface area contributed by atoms with Crippen molar-refractivity contribution in [2.75, 3.05) is 45.2 Å². The van der Waals surface area contributed by atoms with Crippen LogP contribution in [-0.2, 0) is 16.1 Å². The van der Waals surface area contributed by atoms with Gasteiger partial charge < -0.3 is 19.7 Å². The first kappa shape index (κ1) is 22.8. The number of rotatable bonds is 9. The summed E-state index contributed by atoms with van der Waals surface area (Å²) in [5.41, 5.74) is 2.61. The highest BCUT2D eigenvalue weighted by atomic mass is 16.5. The summed E-state index contributed by atoms with van der Waals surface area (Å²) in [6.45, 7) is 8.14. The van der Waals surface area contributed by atoms with Gasteiger partial charge in [0.1, 0.15) is 11.5 Å². The van der Waals surface area contributed by atoms with E-state index >= 15 is 0 Å². The summed E-state index contributed by atoms with van der Waals surface area (Å²) < 4.78 is 10.4. The molecule has 168 valence electrons. The van der Waals surface area contributed by atoms with Crippen molar-refractivity contribution in [1.82, 2.24) is 15.0 Å². The zero-order valence-electron chi connectivity index (χ0n) is 18.3. The third-order valence-electron chi connectivity index (χ3n) is 5.64. The number of benzene rings is 1. The number of carboxylic acids is 1. The largest absolute Gasteiger partial charge is 0.497 e. The van der Waals surface area contributed by atoms with Crippen molar-refractivity contribution in [1.29, 1.82) is 0 Å². The van der Waals surface area contributed by atoms with Gasteiger partial charge >= 0.3 is 5.97 Å². The lowest BCUT2D eigenvalue weighted by Crippen LogP contribution is -2.48. The average molecular weight is 431 g/mol. The molecule has 3 rings (SSSR count). The summed E-state index contributed by atoms with van der Waals surface area (Å²) >= 11 is 0. The highest BCUT2D eigenvalue weighted by molar-refractivity contribution is 5.93. The maximum atomic E-state index is 12.4. The summed E-state index contributed by atoms with van der Waals surface area (Å²) in [5, 5.41) is 16.4. The fraction of sp³-hybridized carbons (Fsp3) is 0.500. The van der Waals surface area contributed by atoms with Gasteiger partial charge in [0, 0.05) is 63.0 Å². The van der Waals surface area contributed by atoms with Gasteiger partial charge in [-0.3, -0.25) is 19.4 Å². The van der Waals surface area contributed by atoms with Crippen LogP contribution in [0.4, 0.5) is 5.69 Å². The quantitative estimate of drug-likeness (QED) is 0.623. The van der Waals surface area contributed by atoms with Gasteiger partial charge in [0.2, 0.25) is 5.91 Å².